The van der Waals surface area contributed by atoms with E-state index in [2.05, 4.69) is 0 Å². The van der Waals surface area contributed by atoms with Crippen molar-refractivity contribution in [1.82, 2.24) is 4.31 Å². The first-order valence-electron chi connectivity index (χ1n) is 5.90. The van der Waals surface area contributed by atoms with Gasteiger partial charge in [-0.05, 0) is 31.0 Å². The van der Waals surface area contributed by atoms with Crippen LogP contribution >= 0.6 is 0 Å². The molecule has 2 N–H and O–H groups in total. The Morgan fingerprint density at radius 1 is 1.47 bits per heavy atom. The average Bonchev–Trinajstić information content (AvgIpc) is 3.17. The molecular weight excluding hydrogens is 269 g/mol. The number of hydrogen-bond donors (Lipinski definition) is 1. The Labute approximate surface area is 111 Å². The molecule has 102 valence electrons. The fraction of sp³-hybridized carbons (Fsp3) is 0.417. The van der Waals surface area contributed by atoms with E-state index in [4.69, 9.17) is 11.0 Å². The molecule has 2 rings (SSSR count). The molecule has 0 atom stereocenters. The summed E-state index contributed by atoms with van der Waals surface area (Å²) >= 11 is 0. The zero-order valence-corrected chi connectivity index (χ0v) is 11.0. The summed E-state index contributed by atoms with van der Waals surface area (Å²) in [7, 11) is -3.71. The Bertz CT molecular complexity index is 620. The molecule has 1 aromatic rings. The molecule has 0 bridgehead atoms. The SMILES string of the molecule is N#CCCN(C1CC1)S(=O)(=O)c1ccc(F)c(N)c1. The highest BCUT2D eigenvalue weighted by Gasteiger charge is 2.37. The largest absolute Gasteiger partial charge is 0.396 e. The van der Waals surface area contributed by atoms with E-state index in [0.717, 1.165) is 25.0 Å². The monoisotopic (exact) mass is 283 g/mol. The van der Waals surface area contributed by atoms with Crippen molar-refractivity contribution >= 4 is 15.7 Å². The highest BCUT2D eigenvalue weighted by Crippen LogP contribution is 2.32. The first kappa shape index (κ1) is 13.8. The van der Waals surface area contributed by atoms with Crippen LogP contribution in [0.2, 0.25) is 0 Å². The number of nitrogens with two attached hydrogens (primary N) is 1. The quantitative estimate of drug-likeness (QED) is 0.829. The third kappa shape index (κ3) is 2.85. The second kappa shape index (κ2) is 5.15. The van der Waals surface area contributed by atoms with E-state index in [1.165, 1.54) is 10.4 Å². The molecule has 0 aromatic heterocycles. The molecule has 0 amide bonds. The second-order valence-electron chi connectivity index (χ2n) is 4.44. The van der Waals surface area contributed by atoms with E-state index in [1.54, 1.807) is 0 Å². The van der Waals surface area contributed by atoms with E-state index in [1.807, 2.05) is 6.07 Å². The lowest BCUT2D eigenvalue weighted by Gasteiger charge is -2.20. The molecule has 5 nitrogen and oxygen atoms in total. The minimum absolute atomic E-state index is 0.0313. The predicted molar refractivity (Wildman–Crippen MR) is 68.0 cm³/mol. The second-order valence-corrected chi connectivity index (χ2v) is 6.33. The van der Waals surface area contributed by atoms with Crippen molar-refractivity contribution in [2.45, 2.75) is 30.2 Å². The summed E-state index contributed by atoms with van der Waals surface area (Å²) in [4.78, 5) is -0.0313. The minimum Gasteiger partial charge on any atom is -0.396 e. The highest BCUT2D eigenvalue weighted by atomic mass is 32.2. The molecule has 1 aliphatic carbocycles. The molecule has 0 heterocycles. The van der Waals surface area contributed by atoms with Crippen molar-refractivity contribution in [3.05, 3.63) is 24.0 Å². The van der Waals surface area contributed by atoms with Gasteiger partial charge < -0.3 is 5.73 Å². The molecule has 1 aromatic carbocycles. The van der Waals surface area contributed by atoms with E-state index in [0.29, 0.717) is 0 Å². The smallest absolute Gasteiger partial charge is 0.243 e. The number of sulfonamides is 1. The molecule has 0 saturated heterocycles. The molecular formula is C12H14FN3O2S. The fourth-order valence-corrected chi connectivity index (χ4v) is 3.56. The summed E-state index contributed by atoms with van der Waals surface area (Å²) in [5.41, 5.74) is 5.20. The summed E-state index contributed by atoms with van der Waals surface area (Å²) in [6.07, 6.45) is 1.72. The molecule has 1 saturated carbocycles. The van der Waals surface area contributed by atoms with Crippen LogP contribution in [0.4, 0.5) is 10.1 Å². The van der Waals surface area contributed by atoms with E-state index >= 15 is 0 Å². The molecule has 0 spiro atoms. The van der Waals surface area contributed by atoms with E-state index in [9.17, 15) is 12.8 Å². The normalized spacial score (nSPS) is 15.4. The van der Waals surface area contributed by atoms with Crippen LogP contribution in [-0.2, 0) is 10.0 Å². The third-order valence-corrected chi connectivity index (χ3v) is 4.92. The van der Waals surface area contributed by atoms with Crippen molar-refractivity contribution in [1.29, 1.82) is 5.26 Å². The molecule has 0 radical (unpaired) electrons. The summed E-state index contributed by atoms with van der Waals surface area (Å²) in [5.74, 6) is -0.644. The topological polar surface area (TPSA) is 87.2 Å². The Morgan fingerprint density at radius 3 is 2.68 bits per heavy atom. The Morgan fingerprint density at radius 2 is 2.16 bits per heavy atom. The zero-order chi connectivity index (χ0) is 14.0. The van der Waals surface area contributed by atoms with Gasteiger partial charge in [-0.15, -0.1) is 0 Å². The zero-order valence-electron chi connectivity index (χ0n) is 10.2. The number of nitriles is 1. The lowest BCUT2D eigenvalue weighted by atomic mass is 10.3. The van der Waals surface area contributed by atoms with Crippen LogP contribution in [0, 0.1) is 17.1 Å². The summed E-state index contributed by atoms with van der Waals surface area (Å²) in [5, 5.41) is 8.59. The van der Waals surface area contributed by atoms with Crippen LogP contribution in [0.25, 0.3) is 0 Å². The maximum Gasteiger partial charge on any atom is 0.243 e. The first-order valence-corrected chi connectivity index (χ1v) is 7.34. The maximum absolute atomic E-state index is 13.1. The number of nitrogen functional groups attached to an aromatic ring is 1. The summed E-state index contributed by atoms with van der Waals surface area (Å²) in [6.45, 7) is 0.154. The van der Waals surface area contributed by atoms with Gasteiger partial charge in [0.25, 0.3) is 0 Å². The number of benzene rings is 1. The number of nitrogens with zero attached hydrogens (tertiary/aromatic N) is 2. The van der Waals surface area contributed by atoms with Gasteiger partial charge in [0.15, 0.2) is 0 Å². The van der Waals surface area contributed by atoms with Gasteiger partial charge >= 0.3 is 0 Å². The van der Waals surface area contributed by atoms with Crippen molar-refractivity contribution in [3.63, 3.8) is 0 Å². The molecule has 0 aliphatic heterocycles. The van der Waals surface area contributed by atoms with Crippen LogP contribution in [0.3, 0.4) is 0 Å². The van der Waals surface area contributed by atoms with Crippen LogP contribution in [0.1, 0.15) is 19.3 Å². The summed E-state index contributed by atoms with van der Waals surface area (Å²) < 4.78 is 39.2. The van der Waals surface area contributed by atoms with Gasteiger partial charge in [0.05, 0.1) is 16.7 Å². The molecule has 19 heavy (non-hydrogen) atoms. The molecule has 1 aliphatic rings. The number of anilines is 1. The third-order valence-electron chi connectivity index (χ3n) is 2.97. The van der Waals surface area contributed by atoms with Crippen molar-refractivity contribution < 1.29 is 12.8 Å². The van der Waals surface area contributed by atoms with Crippen LogP contribution < -0.4 is 5.73 Å². The highest BCUT2D eigenvalue weighted by molar-refractivity contribution is 7.89. The Kier molecular flexibility index (Phi) is 3.73. The van der Waals surface area contributed by atoms with Crippen molar-refractivity contribution in [2.24, 2.45) is 0 Å². The van der Waals surface area contributed by atoms with E-state index < -0.39 is 15.8 Å². The van der Waals surface area contributed by atoms with Gasteiger partial charge in [0.2, 0.25) is 10.0 Å². The molecule has 7 heteroatoms. The number of rotatable bonds is 5. The van der Waals surface area contributed by atoms with Crippen LogP contribution in [0.5, 0.6) is 0 Å². The van der Waals surface area contributed by atoms with Crippen LogP contribution in [-0.4, -0.2) is 25.3 Å². The van der Waals surface area contributed by atoms with Gasteiger partial charge in [0, 0.05) is 19.0 Å². The average molecular weight is 283 g/mol. The van der Waals surface area contributed by atoms with Crippen LogP contribution in [0.15, 0.2) is 23.1 Å². The lowest BCUT2D eigenvalue weighted by Crippen LogP contribution is -2.34. The lowest BCUT2D eigenvalue weighted by molar-refractivity contribution is 0.411. The van der Waals surface area contributed by atoms with Gasteiger partial charge in [-0.1, -0.05) is 0 Å². The van der Waals surface area contributed by atoms with E-state index in [-0.39, 0.29) is 29.6 Å². The van der Waals surface area contributed by atoms with Gasteiger partial charge in [-0.3, -0.25) is 0 Å². The van der Waals surface area contributed by atoms with Crippen molar-refractivity contribution in [2.75, 3.05) is 12.3 Å². The Hall–Kier alpha value is -1.65. The fourth-order valence-electron chi connectivity index (χ4n) is 1.84. The van der Waals surface area contributed by atoms with Gasteiger partial charge in [-0.25, -0.2) is 12.8 Å². The first-order chi connectivity index (χ1) is 8.96. The number of halogens is 1. The van der Waals surface area contributed by atoms with Crippen molar-refractivity contribution in [3.8, 4) is 6.07 Å². The molecule has 0 unspecified atom stereocenters. The minimum atomic E-state index is -3.71. The molecule has 1 fully saturated rings. The summed E-state index contributed by atoms with van der Waals surface area (Å²) in [6, 6.07) is 5.24. The van der Waals surface area contributed by atoms with Gasteiger partial charge in [0.1, 0.15) is 5.82 Å². The predicted octanol–water partition coefficient (Wildman–Crippen LogP) is 1.47. The Balaban J connectivity index is 2.33. The number of hydrogen-bond acceptors (Lipinski definition) is 4. The standard InChI is InChI=1S/C12H14FN3O2S/c13-11-5-4-10(8-12(11)15)19(17,18)16(7-1-6-14)9-2-3-9/h4-5,8-9H,1-3,7,15H2. The van der Waals surface area contributed by atoms with Gasteiger partial charge in [-0.2, -0.15) is 9.57 Å². The maximum atomic E-state index is 13.1.